The first kappa shape index (κ1) is 14.1. The highest BCUT2D eigenvalue weighted by Gasteiger charge is 2.13. The zero-order valence-corrected chi connectivity index (χ0v) is 12.1. The minimum absolute atomic E-state index is 0.0933. The highest BCUT2D eigenvalue weighted by molar-refractivity contribution is 5.99. The van der Waals surface area contributed by atoms with Crippen molar-refractivity contribution in [2.75, 3.05) is 19.1 Å². The number of nitrogens with zero attached hydrogens (tertiary/aromatic N) is 1. The maximum atomic E-state index is 11.9. The predicted molar refractivity (Wildman–Crippen MR) is 82.1 cm³/mol. The van der Waals surface area contributed by atoms with E-state index in [1.807, 2.05) is 62.5 Å². The Morgan fingerprint density at radius 1 is 1.10 bits per heavy atom. The molecule has 0 aliphatic heterocycles. The van der Waals surface area contributed by atoms with Crippen LogP contribution in [0.3, 0.4) is 0 Å². The molecule has 0 aliphatic rings. The molecule has 0 aromatic heterocycles. The van der Waals surface area contributed by atoms with Crippen molar-refractivity contribution in [2.45, 2.75) is 13.3 Å². The van der Waals surface area contributed by atoms with Crippen molar-refractivity contribution in [2.24, 2.45) is 0 Å². The molecule has 0 fully saturated rings. The lowest BCUT2D eigenvalue weighted by Crippen LogP contribution is -2.10. The van der Waals surface area contributed by atoms with Crippen LogP contribution in [-0.2, 0) is 0 Å². The van der Waals surface area contributed by atoms with Crippen LogP contribution in [-0.4, -0.2) is 19.9 Å². The largest absolute Gasteiger partial charge is 0.496 e. The molecule has 2 aromatic carbocycles. The van der Waals surface area contributed by atoms with Crippen LogP contribution in [0.2, 0.25) is 0 Å². The van der Waals surface area contributed by atoms with Gasteiger partial charge >= 0.3 is 0 Å². The SMILES string of the molecule is CCC(=O)c1ccc(N(C)c2ccccc2)cc1OC. The second-order valence-electron chi connectivity index (χ2n) is 4.56. The van der Waals surface area contributed by atoms with Gasteiger partial charge in [-0.25, -0.2) is 0 Å². The minimum Gasteiger partial charge on any atom is -0.496 e. The van der Waals surface area contributed by atoms with E-state index in [0.717, 1.165) is 11.4 Å². The number of anilines is 2. The standard InChI is InChI=1S/C17H19NO2/c1-4-16(19)15-11-10-14(12-17(15)20-3)18(2)13-8-6-5-7-9-13/h5-12H,4H2,1-3H3. The van der Waals surface area contributed by atoms with E-state index < -0.39 is 0 Å². The lowest BCUT2D eigenvalue weighted by molar-refractivity contribution is 0.0985. The number of benzene rings is 2. The van der Waals surface area contributed by atoms with E-state index in [-0.39, 0.29) is 5.78 Å². The van der Waals surface area contributed by atoms with Crippen LogP contribution in [0.15, 0.2) is 48.5 Å². The molecule has 0 spiro atoms. The third-order valence-electron chi connectivity index (χ3n) is 3.34. The van der Waals surface area contributed by atoms with E-state index in [4.69, 9.17) is 4.74 Å². The van der Waals surface area contributed by atoms with Crippen molar-refractivity contribution < 1.29 is 9.53 Å². The maximum Gasteiger partial charge on any atom is 0.166 e. The molecule has 3 heteroatoms. The molecule has 0 radical (unpaired) electrons. The monoisotopic (exact) mass is 269 g/mol. The van der Waals surface area contributed by atoms with Gasteiger partial charge in [-0.15, -0.1) is 0 Å². The Balaban J connectivity index is 2.37. The molecule has 0 amide bonds. The number of methoxy groups -OCH3 is 1. The van der Waals surface area contributed by atoms with Crippen molar-refractivity contribution >= 4 is 17.2 Å². The number of hydrogen-bond donors (Lipinski definition) is 0. The Morgan fingerprint density at radius 2 is 1.80 bits per heavy atom. The molecule has 0 aliphatic carbocycles. The smallest absolute Gasteiger partial charge is 0.166 e. The summed E-state index contributed by atoms with van der Waals surface area (Å²) in [6.45, 7) is 1.85. The van der Waals surface area contributed by atoms with Gasteiger partial charge in [0.1, 0.15) is 5.75 Å². The van der Waals surface area contributed by atoms with Crippen LogP contribution in [0.4, 0.5) is 11.4 Å². The van der Waals surface area contributed by atoms with Crippen molar-refractivity contribution in [3.8, 4) is 5.75 Å². The van der Waals surface area contributed by atoms with Crippen molar-refractivity contribution in [1.29, 1.82) is 0 Å². The summed E-state index contributed by atoms with van der Waals surface area (Å²) in [5, 5.41) is 0. The van der Waals surface area contributed by atoms with Crippen LogP contribution in [0.1, 0.15) is 23.7 Å². The van der Waals surface area contributed by atoms with Gasteiger partial charge in [-0.3, -0.25) is 4.79 Å². The average Bonchev–Trinajstić information content (AvgIpc) is 2.53. The van der Waals surface area contributed by atoms with E-state index in [1.165, 1.54) is 0 Å². The van der Waals surface area contributed by atoms with Gasteiger partial charge in [0, 0.05) is 30.9 Å². The summed E-state index contributed by atoms with van der Waals surface area (Å²) >= 11 is 0. The topological polar surface area (TPSA) is 29.5 Å². The summed E-state index contributed by atoms with van der Waals surface area (Å²) < 4.78 is 5.35. The van der Waals surface area contributed by atoms with Crippen LogP contribution < -0.4 is 9.64 Å². The quantitative estimate of drug-likeness (QED) is 0.767. The highest BCUT2D eigenvalue weighted by atomic mass is 16.5. The van der Waals surface area contributed by atoms with E-state index in [9.17, 15) is 4.79 Å². The summed E-state index contributed by atoms with van der Waals surface area (Å²) in [5.74, 6) is 0.716. The molecule has 2 aromatic rings. The van der Waals surface area contributed by atoms with Crippen LogP contribution in [0.5, 0.6) is 5.75 Å². The second-order valence-corrected chi connectivity index (χ2v) is 4.56. The maximum absolute atomic E-state index is 11.9. The first-order valence-corrected chi connectivity index (χ1v) is 6.67. The molecular formula is C17H19NO2. The first-order chi connectivity index (χ1) is 9.67. The molecule has 104 valence electrons. The highest BCUT2D eigenvalue weighted by Crippen LogP contribution is 2.29. The van der Waals surface area contributed by atoms with Crippen molar-refractivity contribution in [3.63, 3.8) is 0 Å². The fourth-order valence-electron chi connectivity index (χ4n) is 2.11. The number of carbonyl (C=O) groups is 1. The van der Waals surface area contributed by atoms with Gasteiger partial charge in [-0.2, -0.15) is 0 Å². The fourth-order valence-corrected chi connectivity index (χ4v) is 2.11. The van der Waals surface area contributed by atoms with Gasteiger partial charge in [0.05, 0.1) is 12.7 Å². The number of Topliss-reactive ketones (excluding diaryl/α,β-unsaturated/α-hetero) is 1. The normalized spacial score (nSPS) is 10.2. The van der Waals surface area contributed by atoms with Gasteiger partial charge in [0.25, 0.3) is 0 Å². The van der Waals surface area contributed by atoms with E-state index in [1.54, 1.807) is 7.11 Å². The number of rotatable bonds is 5. The van der Waals surface area contributed by atoms with Gasteiger partial charge < -0.3 is 9.64 Å². The molecule has 0 saturated heterocycles. The summed E-state index contributed by atoms with van der Waals surface area (Å²) in [6.07, 6.45) is 0.476. The van der Waals surface area contributed by atoms with Crippen LogP contribution >= 0.6 is 0 Å². The summed E-state index contributed by atoms with van der Waals surface area (Å²) in [5.41, 5.74) is 2.71. The Hall–Kier alpha value is -2.29. The van der Waals surface area contributed by atoms with Crippen LogP contribution in [0.25, 0.3) is 0 Å². The van der Waals surface area contributed by atoms with Gasteiger partial charge in [0.15, 0.2) is 5.78 Å². The lowest BCUT2D eigenvalue weighted by atomic mass is 10.1. The first-order valence-electron chi connectivity index (χ1n) is 6.67. The fraction of sp³-hybridized carbons (Fsp3) is 0.235. The second kappa shape index (κ2) is 6.24. The number of ketones is 1. The average molecular weight is 269 g/mol. The predicted octanol–water partition coefficient (Wildman–Crippen LogP) is 4.06. The number of ether oxygens (including phenoxy) is 1. The summed E-state index contributed by atoms with van der Waals surface area (Å²) in [4.78, 5) is 13.9. The molecule has 20 heavy (non-hydrogen) atoms. The van der Waals surface area contributed by atoms with Gasteiger partial charge in [-0.1, -0.05) is 25.1 Å². The Bertz CT molecular complexity index is 593. The molecule has 2 rings (SSSR count). The third-order valence-corrected chi connectivity index (χ3v) is 3.34. The van der Waals surface area contributed by atoms with E-state index >= 15 is 0 Å². The molecule has 3 nitrogen and oxygen atoms in total. The Labute approximate surface area is 119 Å². The van der Waals surface area contributed by atoms with Crippen molar-refractivity contribution in [1.82, 2.24) is 0 Å². The Kier molecular flexibility index (Phi) is 4.41. The zero-order chi connectivity index (χ0) is 14.5. The number of carbonyl (C=O) groups excluding carboxylic acids is 1. The number of para-hydroxylation sites is 1. The molecule has 0 bridgehead atoms. The molecule has 0 heterocycles. The van der Waals surface area contributed by atoms with E-state index in [0.29, 0.717) is 17.7 Å². The minimum atomic E-state index is 0.0933. The van der Waals surface area contributed by atoms with Crippen molar-refractivity contribution in [3.05, 3.63) is 54.1 Å². The van der Waals surface area contributed by atoms with Gasteiger partial charge in [0.2, 0.25) is 0 Å². The number of hydrogen-bond acceptors (Lipinski definition) is 3. The molecule has 0 saturated carbocycles. The molecule has 0 unspecified atom stereocenters. The molecule has 0 N–H and O–H groups in total. The molecular weight excluding hydrogens is 250 g/mol. The third kappa shape index (κ3) is 2.82. The Morgan fingerprint density at radius 3 is 2.40 bits per heavy atom. The zero-order valence-electron chi connectivity index (χ0n) is 12.1. The van der Waals surface area contributed by atoms with E-state index in [2.05, 4.69) is 4.90 Å². The summed E-state index contributed by atoms with van der Waals surface area (Å²) in [6, 6.07) is 15.7. The van der Waals surface area contributed by atoms with Gasteiger partial charge in [-0.05, 0) is 24.3 Å². The summed E-state index contributed by atoms with van der Waals surface area (Å²) in [7, 11) is 3.58. The lowest BCUT2D eigenvalue weighted by Gasteiger charge is -2.20. The molecule has 0 atom stereocenters. The van der Waals surface area contributed by atoms with Crippen LogP contribution in [0, 0.1) is 0 Å².